The van der Waals surface area contributed by atoms with Gasteiger partial charge in [0.05, 0.1) is 24.6 Å². The second-order valence-corrected chi connectivity index (χ2v) is 10.5. The Balaban J connectivity index is 0.000000542. The van der Waals surface area contributed by atoms with E-state index in [2.05, 4.69) is 50.1 Å². The van der Waals surface area contributed by atoms with Gasteiger partial charge in [0.25, 0.3) is 0 Å². The van der Waals surface area contributed by atoms with Gasteiger partial charge < -0.3 is 35.0 Å². The summed E-state index contributed by atoms with van der Waals surface area (Å²) in [6, 6.07) is 0. The highest BCUT2D eigenvalue weighted by molar-refractivity contribution is 9.10. The van der Waals surface area contributed by atoms with Crippen molar-refractivity contribution in [2.24, 2.45) is 5.73 Å². The Hall–Kier alpha value is -0.985. The molecule has 0 bridgehead atoms. The van der Waals surface area contributed by atoms with E-state index in [9.17, 15) is 9.13 Å². The van der Waals surface area contributed by atoms with Crippen molar-refractivity contribution in [3.8, 4) is 0 Å². The van der Waals surface area contributed by atoms with Crippen LogP contribution in [0.2, 0.25) is 6.82 Å². The lowest BCUT2D eigenvalue weighted by Crippen LogP contribution is -2.30. The van der Waals surface area contributed by atoms with Crippen LogP contribution in [-0.2, 0) is 40.3 Å². The minimum atomic E-state index is -3.31. The van der Waals surface area contributed by atoms with Gasteiger partial charge >= 0.3 is 22.9 Å². The summed E-state index contributed by atoms with van der Waals surface area (Å²) in [6.45, 7) is 14.8. The quantitative estimate of drug-likeness (QED) is 0.164. The summed E-state index contributed by atoms with van der Waals surface area (Å²) in [5, 5.41) is 11.8. The molecule has 0 aliphatic rings. The van der Waals surface area contributed by atoms with E-state index in [4.69, 9.17) is 19.8 Å². The van der Waals surface area contributed by atoms with Crippen LogP contribution in [0.15, 0.2) is 4.73 Å². The zero-order chi connectivity index (χ0) is 27.7. The standard InChI is InChI=1S/C9H18N3O3P.C6H11BBrN3O.C4H10O3P/c1-4-14-16(13,15-5-2)9-11-7(3)8(6-10)12-9;1-4-5(3-9-7(2)12)11-6(8)10-4;1-3-6-8(5)7-4-2/h4-6,10H2,1-3H3,(H,11,12);9,12H,3H2,1-2H3,(H,10,11);3-4H2,1-2H3/q;;+1. The third kappa shape index (κ3) is 13.5. The minimum Gasteiger partial charge on any atom is -0.437 e. The molecule has 0 atom stereocenters. The third-order valence-electron chi connectivity index (χ3n) is 4.01. The van der Waals surface area contributed by atoms with E-state index in [1.807, 2.05) is 13.8 Å². The van der Waals surface area contributed by atoms with E-state index >= 15 is 0 Å². The summed E-state index contributed by atoms with van der Waals surface area (Å²) in [7, 11) is -5.64. The molecule has 6 N–H and O–H groups in total. The van der Waals surface area contributed by atoms with E-state index in [1.54, 1.807) is 34.5 Å². The average Bonchev–Trinajstić information content (AvgIpc) is 3.34. The minimum absolute atomic E-state index is 0.231. The van der Waals surface area contributed by atoms with E-state index < -0.39 is 22.9 Å². The van der Waals surface area contributed by atoms with Crippen LogP contribution >= 0.6 is 31.8 Å². The largest absolute Gasteiger partial charge is 0.697 e. The number of nitrogens with one attached hydrogen (secondary N) is 3. The number of nitrogens with zero attached hydrogens (tertiary/aromatic N) is 2. The van der Waals surface area contributed by atoms with Crippen molar-refractivity contribution < 1.29 is 32.2 Å². The van der Waals surface area contributed by atoms with E-state index in [0.29, 0.717) is 45.2 Å². The monoisotopic (exact) mass is 615 g/mol. The number of rotatable bonds is 13. The summed E-state index contributed by atoms with van der Waals surface area (Å²) in [4.78, 5) is 14.2. The van der Waals surface area contributed by atoms with Gasteiger partial charge in [-0.25, -0.2) is 9.97 Å². The average molecular weight is 616 g/mol. The fourth-order valence-electron chi connectivity index (χ4n) is 2.43. The van der Waals surface area contributed by atoms with Crippen molar-refractivity contribution in [2.45, 2.75) is 61.5 Å². The predicted octanol–water partition coefficient (Wildman–Crippen LogP) is 3.47. The molecule has 2 heterocycles. The van der Waals surface area contributed by atoms with Crippen LogP contribution in [0, 0.1) is 13.8 Å². The zero-order valence-corrected chi connectivity index (χ0v) is 25.3. The highest BCUT2D eigenvalue weighted by atomic mass is 79.9. The molecule has 0 radical (unpaired) electrons. The van der Waals surface area contributed by atoms with Crippen molar-refractivity contribution in [1.82, 2.24) is 25.2 Å². The smallest absolute Gasteiger partial charge is 0.437 e. The maximum atomic E-state index is 12.3. The van der Waals surface area contributed by atoms with E-state index in [-0.39, 0.29) is 5.57 Å². The summed E-state index contributed by atoms with van der Waals surface area (Å²) in [5.74, 6) is 0. The Labute approximate surface area is 222 Å². The van der Waals surface area contributed by atoms with E-state index in [1.165, 1.54) is 0 Å². The number of halogens is 1. The molecule has 36 heavy (non-hydrogen) atoms. The molecule has 2 aromatic heterocycles. The number of imidazole rings is 2. The number of nitrogens with two attached hydrogens (primary N) is 1. The summed E-state index contributed by atoms with van der Waals surface area (Å²) in [6.07, 6.45) is 0. The van der Waals surface area contributed by atoms with Crippen LogP contribution in [0.4, 0.5) is 0 Å². The van der Waals surface area contributed by atoms with Crippen LogP contribution < -0.4 is 16.5 Å². The van der Waals surface area contributed by atoms with Gasteiger partial charge in [-0.3, -0.25) is 4.57 Å². The number of hydrogen-bond donors (Lipinski definition) is 5. The Morgan fingerprint density at radius 1 is 1.03 bits per heavy atom. The number of aromatic amines is 2. The molecule has 13 nitrogen and oxygen atoms in total. The van der Waals surface area contributed by atoms with E-state index in [0.717, 1.165) is 21.8 Å². The Bertz CT molecular complexity index is 930. The number of aromatic nitrogens is 4. The lowest BCUT2D eigenvalue weighted by Gasteiger charge is -2.13. The van der Waals surface area contributed by atoms with Crippen molar-refractivity contribution in [3.05, 3.63) is 27.5 Å². The first kappa shape index (κ1) is 35.0. The lowest BCUT2D eigenvalue weighted by atomic mass is 9.89. The Morgan fingerprint density at radius 3 is 1.92 bits per heavy atom. The maximum absolute atomic E-state index is 12.3. The number of H-pyrrole nitrogens is 2. The van der Waals surface area contributed by atoms with Crippen LogP contribution in [-0.4, -0.2) is 58.4 Å². The Morgan fingerprint density at radius 2 is 1.56 bits per heavy atom. The van der Waals surface area contributed by atoms with Gasteiger partial charge in [-0.2, -0.15) is 0 Å². The molecule has 0 fully saturated rings. The molecule has 0 unspecified atom stereocenters. The maximum Gasteiger partial charge on any atom is 0.697 e. The molecule has 2 aromatic rings. The van der Waals surface area contributed by atoms with Gasteiger partial charge in [0.15, 0.2) is 4.73 Å². The molecule has 2 rings (SSSR count). The van der Waals surface area contributed by atoms with Gasteiger partial charge in [-0.1, -0.05) is 0 Å². The molecule has 0 aromatic carbocycles. The molecule has 206 valence electrons. The normalized spacial score (nSPS) is 10.8. The van der Waals surface area contributed by atoms with Crippen molar-refractivity contribution in [3.63, 3.8) is 0 Å². The van der Waals surface area contributed by atoms with Crippen LogP contribution in [0.5, 0.6) is 0 Å². The second kappa shape index (κ2) is 19.1. The van der Waals surface area contributed by atoms with Crippen molar-refractivity contribution in [1.29, 1.82) is 0 Å². The first-order valence-electron chi connectivity index (χ1n) is 11.5. The molecule has 0 spiro atoms. The zero-order valence-electron chi connectivity index (χ0n) is 22.0. The van der Waals surface area contributed by atoms with Gasteiger partial charge in [0.2, 0.25) is 5.57 Å². The van der Waals surface area contributed by atoms with Crippen molar-refractivity contribution in [2.75, 3.05) is 26.4 Å². The molecular formula is C19H39BBrN6O7P2+. The predicted molar refractivity (Wildman–Crippen MR) is 144 cm³/mol. The fourth-order valence-corrected chi connectivity index (χ4v) is 4.98. The van der Waals surface area contributed by atoms with Gasteiger partial charge in [-0.15, -0.1) is 9.05 Å². The molecular weight excluding hydrogens is 577 g/mol. The first-order valence-corrected chi connectivity index (χ1v) is 14.9. The second-order valence-electron chi connectivity index (χ2n) is 6.88. The highest BCUT2D eigenvalue weighted by Gasteiger charge is 2.31. The van der Waals surface area contributed by atoms with Gasteiger partial charge in [-0.05, 0) is 64.3 Å². The Kier molecular flexibility index (Phi) is 18.6. The topological polar surface area (TPSA) is 187 Å². The SMILES string of the molecule is CB(O)NCc1nc(Br)[nH]c1C.CCOP(=O)(OCC)c1nc(CN)c(C)[nH]1.CCO[P+](=O)OCC. The molecule has 17 heteroatoms. The highest BCUT2D eigenvalue weighted by Crippen LogP contribution is 2.45. The van der Waals surface area contributed by atoms with Gasteiger partial charge in [0, 0.05) is 29.0 Å². The van der Waals surface area contributed by atoms with Crippen molar-refractivity contribution >= 4 is 44.4 Å². The van der Waals surface area contributed by atoms with Crippen LogP contribution in [0.25, 0.3) is 0 Å². The third-order valence-corrected chi connectivity index (χ3v) is 7.25. The van der Waals surface area contributed by atoms with Crippen LogP contribution in [0.1, 0.15) is 50.5 Å². The first-order chi connectivity index (χ1) is 17.0. The van der Waals surface area contributed by atoms with Crippen LogP contribution in [0.3, 0.4) is 0 Å². The number of hydrogen-bond acceptors (Lipinski definition) is 11. The van der Waals surface area contributed by atoms with Gasteiger partial charge in [0.1, 0.15) is 13.2 Å². The summed E-state index contributed by atoms with van der Waals surface area (Å²) in [5.41, 5.74) is 9.13. The molecule has 0 aliphatic carbocycles. The molecule has 0 saturated carbocycles. The fraction of sp³-hybridized carbons (Fsp3) is 0.684. The summed E-state index contributed by atoms with van der Waals surface area (Å²) >= 11 is 3.23. The molecule has 0 amide bonds. The summed E-state index contributed by atoms with van der Waals surface area (Å²) < 4.78 is 42.9. The lowest BCUT2D eigenvalue weighted by molar-refractivity contribution is 0.228. The molecule has 0 saturated heterocycles. The number of aryl methyl sites for hydroxylation is 2. The molecule has 0 aliphatic heterocycles.